The fraction of sp³-hybridized carbons (Fsp3) is 0.233. The highest BCUT2D eigenvalue weighted by Gasteiger charge is 2.37. The Balaban J connectivity index is 1.49. The van der Waals surface area contributed by atoms with Gasteiger partial charge in [0, 0.05) is 28.7 Å². The highest BCUT2D eigenvalue weighted by molar-refractivity contribution is 6.35. The molecule has 3 aromatic carbocycles. The number of allylic oxidation sites excluding steroid dienone is 1. The van der Waals surface area contributed by atoms with Crippen molar-refractivity contribution in [1.29, 1.82) is 0 Å². The molecule has 1 unspecified atom stereocenters. The summed E-state index contributed by atoms with van der Waals surface area (Å²) in [5.74, 6) is -0.953. The molecule has 4 rings (SSSR count). The maximum atomic E-state index is 13.4. The van der Waals surface area contributed by atoms with Crippen LogP contribution in [0.4, 0.5) is 4.79 Å². The summed E-state index contributed by atoms with van der Waals surface area (Å²) in [6.45, 7) is 2.14. The fourth-order valence-electron chi connectivity index (χ4n) is 4.28. The van der Waals surface area contributed by atoms with Crippen LogP contribution in [-0.4, -0.2) is 29.4 Å². The second-order valence-electron chi connectivity index (χ2n) is 9.01. The lowest BCUT2D eigenvalue weighted by Gasteiger charge is -2.35. The van der Waals surface area contributed by atoms with Crippen LogP contribution in [0.3, 0.4) is 0 Å². The molecule has 1 atom stereocenters. The molecule has 0 saturated carbocycles. The molecule has 39 heavy (non-hydrogen) atoms. The Hall–Kier alpha value is -3.81. The average molecular weight is 567 g/mol. The van der Waals surface area contributed by atoms with Gasteiger partial charge >= 0.3 is 18.0 Å². The molecule has 9 heteroatoms. The maximum Gasteiger partial charge on any atom is 0.338 e. The van der Waals surface area contributed by atoms with Crippen LogP contribution >= 0.6 is 23.2 Å². The summed E-state index contributed by atoms with van der Waals surface area (Å²) in [4.78, 5) is 40.2. The number of hydrogen-bond donors (Lipinski definition) is 1. The zero-order valence-corrected chi connectivity index (χ0v) is 22.9. The van der Waals surface area contributed by atoms with Crippen LogP contribution in [0.1, 0.15) is 42.5 Å². The number of ether oxygens (including phenoxy) is 2. The molecule has 1 N–H and O–H groups in total. The SMILES string of the molecule is CC1=C(C(=O)OCc2ccccc2)C(c2ccc(Cl)cc2Cl)NC(=O)N1CCCC(=O)OCc1ccccc1. The number of urea groups is 1. The lowest BCUT2D eigenvalue weighted by atomic mass is 9.94. The Morgan fingerprint density at radius 1 is 0.897 bits per heavy atom. The van der Waals surface area contributed by atoms with E-state index in [1.807, 2.05) is 60.7 Å². The first-order valence-electron chi connectivity index (χ1n) is 12.5. The van der Waals surface area contributed by atoms with Gasteiger partial charge in [-0.2, -0.15) is 0 Å². The third kappa shape index (κ3) is 7.40. The molecule has 0 fully saturated rings. The number of halogens is 2. The number of hydrogen-bond acceptors (Lipinski definition) is 5. The smallest absolute Gasteiger partial charge is 0.338 e. The Kier molecular flexibility index (Phi) is 9.63. The van der Waals surface area contributed by atoms with Crippen molar-refractivity contribution in [3.63, 3.8) is 0 Å². The summed E-state index contributed by atoms with van der Waals surface area (Å²) >= 11 is 12.5. The normalized spacial score (nSPS) is 15.1. The van der Waals surface area contributed by atoms with Crippen LogP contribution in [0.15, 0.2) is 90.1 Å². The molecular formula is C30H28Cl2N2O5. The highest BCUT2D eigenvalue weighted by atomic mass is 35.5. The number of nitrogens with one attached hydrogen (secondary N) is 1. The van der Waals surface area contributed by atoms with Crippen molar-refractivity contribution in [2.75, 3.05) is 6.54 Å². The van der Waals surface area contributed by atoms with E-state index in [4.69, 9.17) is 32.7 Å². The van der Waals surface area contributed by atoms with E-state index in [1.165, 1.54) is 4.90 Å². The van der Waals surface area contributed by atoms with Gasteiger partial charge in [-0.25, -0.2) is 9.59 Å². The lowest BCUT2D eigenvalue weighted by Crippen LogP contribution is -2.48. The molecule has 0 bridgehead atoms. The standard InChI is InChI=1S/C30H28Cl2N2O5/c1-20-27(29(36)39-19-22-11-6-3-7-12-22)28(24-15-14-23(31)17-25(24)32)33-30(37)34(20)16-8-13-26(35)38-18-21-9-4-2-5-10-21/h2-7,9-12,14-15,17,28H,8,13,16,18-19H2,1H3,(H,33,37). The molecule has 2 amide bonds. The molecule has 0 radical (unpaired) electrons. The summed E-state index contributed by atoms with van der Waals surface area (Å²) in [5, 5.41) is 3.61. The van der Waals surface area contributed by atoms with E-state index in [1.54, 1.807) is 25.1 Å². The zero-order valence-electron chi connectivity index (χ0n) is 21.4. The number of nitrogens with zero attached hydrogens (tertiary/aromatic N) is 1. The first kappa shape index (κ1) is 28.2. The van der Waals surface area contributed by atoms with Gasteiger partial charge in [-0.3, -0.25) is 9.69 Å². The largest absolute Gasteiger partial charge is 0.461 e. The quantitative estimate of drug-likeness (QED) is 0.279. The molecule has 202 valence electrons. The van der Waals surface area contributed by atoms with Gasteiger partial charge in [-0.1, -0.05) is 89.9 Å². The van der Waals surface area contributed by atoms with Crippen molar-refractivity contribution < 1.29 is 23.9 Å². The first-order chi connectivity index (χ1) is 18.8. The second kappa shape index (κ2) is 13.3. The molecule has 3 aromatic rings. The minimum absolute atomic E-state index is 0.0682. The Morgan fingerprint density at radius 3 is 2.13 bits per heavy atom. The molecule has 1 aliphatic rings. The Labute approximate surface area is 237 Å². The van der Waals surface area contributed by atoms with E-state index in [0.29, 0.717) is 27.7 Å². The van der Waals surface area contributed by atoms with E-state index in [2.05, 4.69) is 5.32 Å². The second-order valence-corrected chi connectivity index (χ2v) is 9.85. The highest BCUT2D eigenvalue weighted by Crippen LogP contribution is 2.36. The molecule has 0 aromatic heterocycles. The first-order valence-corrected chi connectivity index (χ1v) is 13.2. The summed E-state index contributed by atoms with van der Waals surface area (Å²) < 4.78 is 11.0. The minimum atomic E-state index is -0.836. The lowest BCUT2D eigenvalue weighted by molar-refractivity contribution is -0.145. The number of carbonyl (C=O) groups is 3. The van der Waals surface area contributed by atoms with Crippen molar-refractivity contribution in [2.45, 2.75) is 39.0 Å². The van der Waals surface area contributed by atoms with E-state index in [0.717, 1.165) is 11.1 Å². The Morgan fingerprint density at radius 2 is 1.51 bits per heavy atom. The van der Waals surface area contributed by atoms with Crippen molar-refractivity contribution >= 4 is 41.2 Å². The van der Waals surface area contributed by atoms with Gasteiger partial charge in [-0.05, 0) is 42.2 Å². The van der Waals surface area contributed by atoms with Crippen molar-refractivity contribution in [2.24, 2.45) is 0 Å². The molecule has 0 saturated heterocycles. The maximum absolute atomic E-state index is 13.4. The van der Waals surface area contributed by atoms with Gasteiger partial charge in [0.15, 0.2) is 0 Å². The molecule has 1 aliphatic heterocycles. The van der Waals surface area contributed by atoms with Gasteiger partial charge in [0.25, 0.3) is 0 Å². The summed E-state index contributed by atoms with van der Waals surface area (Å²) in [6.07, 6.45) is 0.460. The monoisotopic (exact) mass is 566 g/mol. The van der Waals surface area contributed by atoms with Gasteiger partial charge in [0.2, 0.25) is 0 Å². The topological polar surface area (TPSA) is 84.9 Å². The third-order valence-electron chi connectivity index (χ3n) is 6.31. The van der Waals surface area contributed by atoms with Crippen molar-refractivity contribution in [3.8, 4) is 0 Å². The molecule has 0 aliphatic carbocycles. The minimum Gasteiger partial charge on any atom is -0.461 e. The predicted molar refractivity (Wildman–Crippen MR) is 149 cm³/mol. The summed E-state index contributed by atoms with van der Waals surface area (Å²) in [7, 11) is 0. The van der Waals surface area contributed by atoms with Gasteiger partial charge < -0.3 is 14.8 Å². The number of benzene rings is 3. The molecular weight excluding hydrogens is 539 g/mol. The third-order valence-corrected chi connectivity index (χ3v) is 6.87. The molecule has 1 heterocycles. The van der Waals surface area contributed by atoms with E-state index in [-0.39, 0.29) is 37.7 Å². The number of carbonyl (C=O) groups excluding carboxylic acids is 3. The van der Waals surface area contributed by atoms with Crippen LogP contribution in [0.25, 0.3) is 0 Å². The summed E-state index contributed by atoms with van der Waals surface area (Å²) in [6, 6.07) is 22.3. The van der Waals surface area contributed by atoms with Crippen LogP contribution < -0.4 is 5.32 Å². The van der Waals surface area contributed by atoms with Gasteiger partial charge in [-0.15, -0.1) is 0 Å². The summed E-state index contributed by atoms with van der Waals surface area (Å²) in [5.41, 5.74) is 2.91. The van der Waals surface area contributed by atoms with Crippen molar-refractivity contribution in [1.82, 2.24) is 10.2 Å². The van der Waals surface area contributed by atoms with E-state index >= 15 is 0 Å². The molecule has 0 spiro atoms. The van der Waals surface area contributed by atoms with E-state index in [9.17, 15) is 14.4 Å². The number of esters is 2. The van der Waals surface area contributed by atoms with Crippen LogP contribution in [-0.2, 0) is 32.3 Å². The predicted octanol–water partition coefficient (Wildman–Crippen LogP) is 6.60. The van der Waals surface area contributed by atoms with Crippen LogP contribution in [0.2, 0.25) is 10.0 Å². The van der Waals surface area contributed by atoms with Crippen LogP contribution in [0, 0.1) is 0 Å². The van der Waals surface area contributed by atoms with Crippen LogP contribution in [0.5, 0.6) is 0 Å². The Bertz CT molecular complexity index is 1360. The number of rotatable bonds is 10. The molecule has 7 nitrogen and oxygen atoms in total. The van der Waals surface area contributed by atoms with Gasteiger partial charge in [0.05, 0.1) is 11.6 Å². The average Bonchev–Trinajstić information content (AvgIpc) is 2.93. The zero-order chi connectivity index (χ0) is 27.8. The van der Waals surface area contributed by atoms with E-state index < -0.39 is 18.0 Å². The number of amides is 2. The van der Waals surface area contributed by atoms with Gasteiger partial charge in [0.1, 0.15) is 13.2 Å². The van der Waals surface area contributed by atoms with Crippen molar-refractivity contribution in [3.05, 3.63) is 117 Å². The fourth-order valence-corrected chi connectivity index (χ4v) is 4.79.